The van der Waals surface area contributed by atoms with Gasteiger partial charge >= 0.3 is 18.2 Å². The largest absolute Gasteiger partial charge is 0.573 e. The topological polar surface area (TPSA) is 111 Å². The van der Waals surface area contributed by atoms with Crippen molar-refractivity contribution >= 4 is 11.2 Å². The van der Waals surface area contributed by atoms with Crippen LogP contribution in [0, 0.1) is 0 Å². The minimum absolute atomic E-state index is 0.119. The number of benzene rings is 2. The first kappa shape index (κ1) is 29.6. The number of aromatic amines is 1. The first-order chi connectivity index (χ1) is 19.0. The monoisotopic (exact) mass is 594 g/mol. The van der Waals surface area contributed by atoms with E-state index in [2.05, 4.69) is 9.72 Å². The summed E-state index contributed by atoms with van der Waals surface area (Å²) in [5.74, 6) is -1.51. The number of halogens is 8. The molecule has 4 aromatic rings. The molecule has 0 aliphatic carbocycles. The molecule has 0 fully saturated rings. The van der Waals surface area contributed by atoms with Crippen LogP contribution in [0.1, 0.15) is 17.6 Å². The molecule has 2 N–H and O–H groups in total. The van der Waals surface area contributed by atoms with Crippen LogP contribution in [0.3, 0.4) is 0 Å². The van der Waals surface area contributed by atoms with E-state index < -0.39 is 65.5 Å². The van der Waals surface area contributed by atoms with Crippen molar-refractivity contribution in [2.75, 3.05) is 0 Å². The Hall–Kier alpha value is -4.41. The van der Waals surface area contributed by atoms with Gasteiger partial charge < -0.3 is 19.1 Å². The van der Waals surface area contributed by atoms with Gasteiger partial charge in [0.05, 0.1) is 6.54 Å². The summed E-state index contributed by atoms with van der Waals surface area (Å²) in [5, 5.41) is 9.45. The standard InChI is InChI=1S/C24H18F8N4O5/c1-35-17-20(36(22(39)34-21(17)38)9-16(37)23(27,28)29)33-19(35)13-6-7-14(15(8-13)41-24(30,31)32)40-10-11-2-4-12(5-3-11)18(25)26/h2-8,16,18,37H,9-10H2,1H3,(H,34,38,39). The van der Waals surface area contributed by atoms with Gasteiger partial charge in [0.15, 0.2) is 28.8 Å². The number of alkyl halides is 8. The summed E-state index contributed by atoms with van der Waals surface area (Å²) in [7, 11) is 1.23. The second-order valence-electron chi connectivity index (χ2n) is 8.63. The van der Waals surface area contributed by atoms with Gasteiger partial charge in [-0.2, -0.15) is 13.2 Å². The third kappa shape index (κ3) is 6.50. The molecule has 220 valence electrons. The van der Waals surface area contributed by atoms with Crippen molar-refractivity contribution in [3.8, 4) is 22.9 Å². The molecule has 2 aromatic carbocycles. The zero-order chi connectivity index (χ0) is 30.3. The van der Waals surface area contributed by atoms with Gasteiger partial charge in [-0.1, -0.05) is 24.3 Å². The van der Waals surface area contributed by atoms with Crippen molar-refractivity contribution in [2.45, 2.75) is 38.2 Å². The van der Waals surface area contributed by atoms with Gasteiger partial charge in [0, 0.05) is 18.2 Å². The van der Waals surface area contributed by atoms with E-state index in [1.165, 1.54) is 25.2 Å². The second kappa shape index (κ2) is 10.9. The molecule has 0 saturated heterocycles. The maximum atomic E-state index is 13.2. The van der Waals surface area contributed by atoms with Crippen LogP contribution in [0.25, 0.3) is 22.6 Å². The molecule has 0 radical (unpaired) electrons. The molecule has 0 aliphatic rings. The first-order valence-corrected chi connectivity index (χ1v) is 11.4. The summed E-state index contributed by atoms with van der Waals surface area (Å²) in [6, 6.07) is 7.96. The SMILES string of the molecule is Cn1c(-c2ccc(OCc3ccc(C(F)F)cc3)c(OC(F)(F)F)c2)nc2c1c(=O)[nH]c(=O)n2CC(O)C(F)(F)F. The smallest absolute Gasteiger partial charge is 0.485 e. The molecule has 9 nitrogen and oxygen atoms in total. The average molecular weight is 594 g/mol. The maximum absolute atomic E-state index is 13.2. The fraction of sp³-hybridized carbons (Fsp3) is 0.292. The lowest BCUT2D eigenvalue weighted by atomic mass is 10.1. The van der Waals surface area contributed by atoms with Crippen molar-refractivity contribution in [3.63, 3.8) is 0 Å². The van der Waals surface area contributed by atoms with Gasteiger partial charge in [0.25, 0.3) is 12.0 Å². The van der Waals surface area contributed by atoms with E-state index in [0.717, 1.165) is 28.8 Å². The fourth-order valence-electron chi connectivity index (χ4n) is 3.84. The van der Waals surface area contributed by atoms with Crippen LogP contribution in [-0.2, 0) is 20.2 Å². The Morgan fingerprint density at radius 2 is 1.66 bits per heavy atom. The minimum atomic E-state index is -5.19. The maximum Gasteiger partial charge on any atom is 0.573 e. The molecule has 2 heterocycles. The molecule has 0 spiro atoms. The molecule has 1 unspecified atom stereocenters. The molecule has 0 saturated carbocycles. The third-order valence-corrected chi connectivity index (χ3v) is 5.80. The van der Waals surface area contributed by atoms with Crippen LogP contribution in [0.5, 0.6) is 11.5 Å². The summed E-state index contributed by atoms with van der Waals surface area (Å²) >= 11 is 0. The van der Waals surface area contributed by atoms with Crippen molar-refractivity contribution in [1.29, 1.82) is 0 Å². The number of ether oxygens (including phenoxy) is 2. The van der Waals surface area contributed by atoms with Crippen LogP contribution in [0.15, 0.2) is 52.1 Å². The number of aryl methyl sites for hydroxylation is 1. The summed E-state index contributed by atoms with van der Waals surface area (Å²) in [4.78, 5) is 30.5. The number of nitrogens with one attached hydrogen (secondary N) is 1. The number of aliphatic hydroxyl groups is 1. The van der Waals surface area contributed by atoms with Crippen LogP contribution in [-0.4, -0.2) is 42.9 Å². The summed E-state index contributed by atoms with van der Waals surface area (Å²) in [6.07, 6.45) is -16.0. The molecule has 41 heavy (non-hydrogen) atoms. The summed E-state index contributed by atoms with van der Waals surface area (Å²) in [6.45, 7) is -1.65. The number of imidazole rings is 1. The highest BCUT2D eigenvalue weighted by Gasteiger charge is 2.39. The number of hydrogen-bond donors (Lipinski definition) is 2. The molecule has 2 aromatic heterocycles. The highest BCUT2D eigenvalue weighted by atomic mass is 19.4. The summed E-state index contributed by atoms with van der Waals surface area (Å²) < 4.78 is 115. The van der Waals surface area contributed by atoms with Crippen LogP contribution in [0.2, 0.25) is 0 Å². The summed E-state index contributed by atoms with van der Waals surface area (Å²) in [5.41, 5.74) is -3.35. The number of nitrogens with zero attached hydrogens (tertiary/aromatic N) is 3. The molecular weight excluding hydrogens is 576 g/mol. The normalized spacial score (nSPS) is 13.1. The Bertz CT molecular complexity index is 1670. The zero-order valence-electron chi connectivity index (χ0n) is 20.6. The third-order valence-electron chi connectivity index (χ3n) is 5.80. The van der Waals surface area contributed by atoms with Gasteiger partial charge in [0.1, 0.15) is 12.4 Å². The Balaban J connectivity index is 1.75. The van der Waals surface area contributed by atoms with E-state index in [1.807, 2.05) is 4.98 Å². The lowest BCUT2D eigenvalue weighted by Gasteiger charge is -2.15. The van der Waals surface area contributed by atoms with E-state index in [4.69, 9.17) is 4.74 Å². The fourth-order valence-corrected chi connectivity index (χ4v) is 3.84. The van der Waals surface area contributed by atoms with Crippen LogP contribution >= 0.6 is 0 Å². The lowest BCUT2D eigenvalue weighted by Crippen LogP contribution is -2.39. The predicted molar refractivity (Wildman–Crippen MR) is 126 cm³/mol. The number of rotatable bonds is 8. The number of aliphatic hydroxyl groups excluding tert-OH is 1. The molecular formula is C24H18F8N4O5. The molecule has 0 aliphatic heterocycles. The number of H-pyrrole nitrogens is 1. The Kier molecular flexibility index (Phi) is 7.84. The van der Waals surface area contributed by atoms with Gasteiger partial charge in [0.2, 0.25) is 0 Å². The van der Waals surface area contributed by atoms with E-state index in [-0.39, 0.29) is 23.6 Å². The number of hydrogen-bond acceptors (Lipinski definition) is 6. The first-order valence-electron chi connectivity index (χ1n) is 11.4. The van der Waals surface area contributed by atoms with Crippen LogP contribution < -0.4 is 20.7 Å². The Morgan fingerprint density at radius 3 is 2.24 bits per heavy atom. The number of aromatic nitrogens is 4. The van der Waals surface area contributed by atoms with Gasteiger partial charge in [-0.15, -0.1) is 13.2 Å². The van der Waals surface area contributed by atoms with Crippen molar-refractivity contribution < 1.29 is 49.7 Å². The highest BCUT2D eigenvalue weighted by molar-refractivity contribution is 5.77. The molecule has 0 bridgehead atoms. The molecule has 1 atom stereocenters. The molecule has 0 amide bonds. The second-order valence-corrected chi connectivity index (χ2v) is 8.63. The quantitative estimate of drug-likeness (QED) is 0.292. The predicted octanol–water partition coefficient (Wildman–Crippen LogP) is 4.43. The lowest BCUT2D eigenvalue weighted by molar-refractivity contribution is -0.275. The molecule has 4 rings (SSSR count). The molecule has 17 heteroatoms. The Labute approximate surface area is 223 Å². The van der Waals surface area contributed by atoms with Gasteiger partial charge in [-0.05, 0) is 23.8 Å². The van der Waals surface area contributed by atoms with Crippen molar-refractivity contribution in [3.05, 3.63) is 74.4 Å². The average Bonchev–Trinajstić information content (AvgIpc) is 3.21. The van der Waals surface area contributed by atoms with Gasteiger partial charge in [-0.3, -0.25) is 14.3 Å². The van der Waals surface area contributed by atoms with E-state index in [9.17, 15) is 49.8 Å². The van der Waals surface area contributed by atoms with E-state index in [1.54, 1.807) is 0 Å². The zero-order valence-corrected chi connectivity index (χ0v) is 20.6. The highest BCUT2D eigenvalue weighted by Crippen LogP contribution is 2.37. The van der Waals surface area contributed by atoms with Crippen molar-refractivity contribution in [2.24, 2.45) is 7.05 Å². The van der Waals surface area contributed by atoms with E-state index in [0.29, 0.717) is 10.1 Å². The van der Waals surface area contributed by atoms with Crippen molar-refractivity contribution in [1.82, 2.24) is 19.1 Å². The number of fused-ring (bicyclic) bond motifs is 1. The van der Waals surface area contributed by atoms with Crippen LogP contribution in [0.4, 0.5) is 35.1 Å². The minimum Gasteiger partial charge on any atom is -0.485 e. The Morgan fingerprint density at radius 1 is 1.00 bits per heavy atom. The van der Waals surface area contributed by atoms with E-state index >= 15 is 0 Å². The van der Waals surface area contributed by atoms with Gasteiger partial charge in [-0.25, -0.2) is 18.6 Å².